The van der Waals surface area contributed by atoms with Gasteiger partial charge in [-0.1, -0.05) is 68.5 Å². The summed E-state index contributed by atoms with van der Waals surface area (Å²) in [6, 6.07) is 10.8. The van der Waals surface area contributed by atoms with Crippen molar-refractivity contribution in [3.8, 4) is 0 Å². The van der Waals surface area contributed by atoms with Crippen molar-refractivity contribution in [3.05, 3.63) is 60.2 Å². The van der Waals surface area contributed by atoms with E-state index in [0.717, 1.165) is 0 Å². The maximum Gasteiger partial charge on any atom is -0.0109 e. The first kappa shape index (κ1) is 11.2. The van der Waals surface area contributed by atoms with Crippen LogP contribution in [0, 0.1) is 11.3 Å². The maximum atomic E-state index is 2.35. The predicted octanol–water partition coefficient (Wildman–Crippen LogP) is 4.39. The molecule has 1 aromatic rings. The second kappa shape index (κ2) is 4.69. The number of rotatable bonds is 3. The highest BCUT2D eigenvalue weighted by molar-refractivity contribution is 5.19. The highest BCUT2D eigenvalue weighted by Gasteiger charge is 2.25. The quantitative estimate of drug-likeness (QED) is 0.697. The van der Waals surface area contributed by atoms with E-state index in [1.807, 2.05) is 0 Å². The van der Waals surface area contributed by atoms with Gasteiger partial charge in [0.25, 0.3) is 0 Å². The molecule has 0 saturated carbocycles. The molecule has 0 bridgehead atoms. The molecule has 1 unspecified atom stereocenters. The number of benzene rings is 1. The van der Waals surface area contributed by atoms with Crippen LogP contribution in [0.1, 0.15) is 25.8 Å². The van der Waals surface area contributed by atoms with Crippen molar-refractivity contribution in [1.82, 2.24) is 0 Å². The topological polar surface area (TPSA) is 0 Å². The molecule has 1 aliphatic carbocycles. The van der Waals surface area contributed by atoms with Crippen LogP contribution in [-0.2, 0) is 6.42 Å². The van der Waals surface area contributed by atoms with Crippen LogP contribution in [0.15, 0.2) is 54.6 Å². The average Bonchev–Trinajstić information content (AvgIpc) is 2.28. The van der Waals surface area contributed by atoms with Gasteiger partial charge < -0.3 is 0 Å². The third kappa shape index (κ3) is 2.63. The lowest BCUT2D eigenvalue weighted by molar-refractivity contribution is 0.321. The molecule has 0 amide bonds. The minimum Gasteiger partial charge on any atom is -0.0806 e. The van der Waals surface area contributed by atoms with Crippen molar-refractivity contribution in [1.29, 1.82) is 0 Å². The summed E-state index contributed by atoms with van der Waals surface area (Å²) in [4.78, 5) is 0. The Bertz CT molecular complexity index is 382. The van der Waals surface area contributed by atoms with Crippen molar-refractivity contribution in [2.75, 3.05) is 0 Å². The van der Waals surface area contributed by atoms with Crippen LogP contribution in [0.2, 0.25) is 0 Å². The van der Waals surface area contributed by atoms with Crippen LogP contribution in [0.4, 0.5) is 0 Å². The van der Waals surface area contributed by atoms with Gasteiger partial charge in [-0.15, -0.1) is 0 Å². The van der Waals surface area contributed by atoms with Crippen LogP contribution < -0.4 is 0 Å². The molecule has 0 saturated heterocycles. The van der Waals surface area contributed by atoms with E-state index in [2.05, 4.69) is 68.5 Å². The molecule has 16 heavy (non-hydrogen) atoms. The van der Waals surface area contributed by atoms with E-state index in [0.29, 0.717) is 11.3 Å². The molecule has 0 heteroatoms. The summed E-state index contributed by atoms with van der Waals surface area (Å²) >= 11 is 0. The van der Waals surface area contributed by atoms with Crippen LogP contribution >= 0.6 is 0 Å². The van der Waals surface area contributed by atoms with E-state index >= 15 is 0 Å². The Hall–Kier alpha value is -1.30. The Balaban J connectivity index is 1.96. The zero-order valence-electron chi connectivity index (χ0n) is 10.2. The molecule has 0 radical (unpaired) electrons. The zero-order valence-corrected chi connectivity index (χ0v) is 10.2. The van der Waals surface area contributed by atoms with E-state index < -0.39 is 0 Å². The second-order valence-corrected chi connectivity index (χ2v) is 5.20. The molecule has 0 N–H and O–H groups in total. The molecule has 1 aromatic carbocycles. The first-order chi connectivity index (χ1) is 7.68. The average molecular weight is 212 g/mol. The van der Waals surface area contributed by atoms with Crippen molar-refractivity contribution >= 4 is 0 Å². The molecule has 0 fully saturated rings. The monoisotopic (exact) mass is 212 g/mol. The summed E-state index contributed by atoms with van der Waals surface area (Å²) in [5.74, 6) is 0.665. The van der Waals surface area contributed by atoms with Gasteiger partial charge in [-0.25, -0.2) is 0 Å². The third-order valence-corrected chi connectivity index (χ3v) is 3.52. The molecule has 0 aliphatic heterocycles. The molecule has 1 aliphatic rings. The minimum absolute atomic E-state index is 0.309. The number of hydrogen-bond donors (Lipinski definition) is 0. The Morgan fingerprint density at radius 2 is 1.81 bits per heavy atom. The van der Waals surface area contributed by atoms with Crippen molar-refractivity contribution in [2.45, 2.75) is 26.7 Å². The zero-order chi connectivity index (χ0) is 11.4. The minimum atomic E-state index is 0.309. The Morgan fingerprint density at radius 3 is 2.50 bits per heavy atom. The van der Waals surface area contributed by atoms with E-state index in [1.165, 1.54) is 18.4 Å². The molecule has 84 valence electrons. The summed E-state index contributed by atoms with van der Waals surface area (Å²) < 4.78 is 0. The van der Waals surface area contributed by atoms with Gasteiger partial charge in [0.1, 0.15) is 0 Å². The molecule has 0 heterocycles. The van der Waals surface area contributed by atoms with Gasteiger partial charge in [0.2, 0.25) is 0 Å². The van der Waals surface area contributed by atoms with Crippen molar-refractivity contribution in [3.63, 3.8) is 0 Å². The second-order valence-electron chi connectivity index (χ2n) is 5.20. The number of allylic oxidation sites excluding steroid dienone is 4. The Labute approximate surface area is 98.7 Å². The fraction of sp³-hybridized carbons (Fsp3) is 0.375. The molecule has 1 atom stereocenters. The van der Waals surface area contributed by atoms with Gasteiger partial charge >= 0.3 is 0 Å². The summed E-state index contributed by atoms with van der Waals surface area (Å²) in [5, 5.41) is 0. The van der Waals surface area contributed by atoms with Gasteiger partial charge in [-0.2, -0.15) is 0 Å². The van der Waals surface area contributed by atoms with E-state index in [1.54, 1.807) is 0 Å². The summed E-state index contributed by atoms with van der Waals surface area (Å²) in [6.07, 6.45) is 11.4. The highest BCUT2D eigenvalue weighted by atomic mass is 14.3. The first-order valence-electron chi connectivity index (χ1n) is 6.08. The maximum absolute atomic E-state index is 2.35. The highest BCUT2D eigenvalue weighted by Crippen LogP contribution is 2.35. The summed E-state index contributed by atoms with van der Waals surface area (Å²) in [6.45, 7) is 4.64. The third-order valence-electron chi connectivity index (χ3n) is 3.52. The van der Waals surface area contributed by atoms with Gasteiger partial charge in [-0.05, 0) is 29.7 Å². The van der Waals surface area contributed by atoms with Gasteiger partial charge in [0, 0.05) is 0 Å². The van der Waals surface area contributed by atoms with Crippen molar-refractivity contribution < 1.29 is 0 Å². The van der Waals surface area contributed by atoms with Crippen LogP contribution in [0.3, 0.4) is 0 Å². The Morgan fingerprint density at radius 1 is 1.06 bits per heavy atom. The first-order valence-corrected chi connectivity index (χ1v) is 6.08. The van der Waals surface area contributed by atoms with E-state index in [-0.39, 0.29) is 0 Å². The Kier molecular flexibility index (Phi) is 3.28. The predicted molar refractivity (Wildman–Crippen MR) is 70.3 cm³/mol. The van der Waals surface area contributed by atoms with Crippen LogP contribution in [-0.4, -0.2) is 0 Å². The molecule has 0 spiro atoms. The molecule has 2 rings (SSSR count). The van der Waals surface area contributed by atoms with Gasteiger partial charge in [0.15, 0.2) is 0 Å². The standard InChI is InChI=1S/C16H20/c1-16(2)13-7-6-10-15(16)12-11-14-8-4-3-5-9-14/h3-10,13,15H,11-12H2,1-2H3. The fourth-order valence-electron chi connectivity index (χ4n) is 2.31. The van der Waals surface area contributed by atoms with Crippen LogP contribution in [0.25, 0.3) is 0 Å². The normalized spacial score (nSPS) is 22.2. The smallest absolute Gasteiger partial charge is 0.0109 e. The van der Waals surface area contributed by atoms with Gasteiger partial charge in [0.05, 0.1) is 0 Å². The van der Waals surface area contributed by atoms with E-state index in [9.17, 15) is 0 Å². The largest absolute Gasteiger partial charge is 0.0806 e. The number of aryl methyl sites for hydroxylation is 1. The van der Waals surface area contributed by atoms with Gasteiger partial charge in [-0.3, -0.25) is 0 Å². The molecular weight excluding hydrogens is 192 g/mol. The fourth-order valence-corrected chi connectivity index (χ4v) is 2.31. The lowest BCUT2D eigenvalue weighted by Crippen LogP contribution is -2.22. The van der Waals surface area contributed by atoms with E-state index in [4.69, 9.17) is 0 Å². The lowest BCUT2D eigenvalue weighted by Gasteiger charge is -2.31. The lowest BCUT2D eigenvalue weighted by atomic mass is 9.73. The van der Waals surface area contributed by atoms with Crippen LogP contribution in [0.5, 0.6) is 0 Å². The summed E-state index contributed by atoms with van der Waals surface area (Å²) in [7, 11) is 0. The van der Waals surface area contributed by atoms with Crippen molar-refractivity contribution in [2.24, 2.45) is 11.3 Å². The SMILES string of the molecule is CC1(C)C=CC=CC1CCc1ccccc1. The molecular formula is C16H20. The molecule has 0 nitrogen and oxygen atoms in total. The number of hydrogen-bond acceptors (Lipinski definition) is 0. The summed E-state index contributed by atoms with van der Waals surface area (Å²) in [5.41, 5.74) is 1.75. The molecule has 0 aromatic heterocycles.